The quantitative estimate of drug-likeness (QED) is 0.367. The molecule has 2 rings (SSSR count). The summed E-state index contributed by atoms with van der Waals surface area (Å²) in [6, 6.07) is 10.9. The molecule has 0 unspecified atom stereocenters. The zero-order valence-corrected chi connectivity index (χ0v) is 23.9. The summed E-state index contributed by atoms with van der Waals surface area (Å²) in [5.41, 5.74) is 1.07. The average Bonchev–Trinajstić information content (AvgIpc) is 2.80. The van der Waals surface area contributed by atoms with Gasteiger partial charge in [0.2, 0.25) is 21.8 Å². The fourth-order valence-electron chi connectivity index (χ4n) is 3.48. The number of anilines is 1. The molecule has 2 amide bonds. The van der Waals surface area contributed by atoms with Crippen LogP contribution < -0.4 is 9.62 Å². The molecular weight excluding hydrogens is 545 g/mol. The SMILES string of the molecule is CC(C)CNC(=O)[C@H](C)N(Cc1ccc(Cl)cc1)C(=O)CCCN(c1cc(Cl)ccc1Cl)S(C)(=O)=O. The normalized spacial score (nSPS) is 12.3. The smallest absolute Gasteiger partial charge is 0.242 e. The Morgan fingerprint density at radius 2 is 1.58 bits per heavy atom. The Morgan fingerprint density at radius 1 is 0.972 bits per heavy atom. The van der Waals surface area contributed by atoms with E-state index in [-0.39, 0.29) is 54.4 Å². The fraction of sp³-hybridized carbons (Fsp3) is 0.440. The van der Waals surface area contributed by atoms with Gasteiger partial charge in [0.05, 0.1) is 17.0 Å². The van der Waals surface area contributed by atoms with E-state index in [0.29, 0.717) is 16.6 Å². The maximum Gasteiger partial charge on any atom is 0.242 e. The highest BCUT2D eigenvalue weighted by atomic mass is 35.5. The van der Waals surface area contributed by atoms with E-state index in [9.17, 15) is 18.0 Å². The van der Waals surface area contributed by atoms with Crippen LogP contribution in [0.15, 0.2) is 42.5 Å². The second kappa shape index (κ2) is 13.5. The van der Waals surface area contributed by atoms with Gasteiger partial charge >= 0.3 is 0 Å². The van der Waals surface area contributed by atoms with E-state index in [1.165, 1.54) is 17.0 Å². The Hall–Kier alpha value is -2.00. The first-order valence-electron chi connectivity index (χ1n) is 11.5. The fourth-order valence-corrected chi connectivity index (χ4v) is 5.01. The third-order valence-corrected chi connectivity index (χ3v) is 7.43. The van der Waals surface area contributed by atoms with Crippen molar-refractivity contribution in [2.75, 3.05) is 23.7 Å². The molecule has 0 radical (unpaired) electrons. The van der Waals surface area contributed by atoms with Crippen LogP contribution in [-0.4, -0.2) is 50.5 Å². The highest BCUT2D eigenvalue weighted by Gasteiger charge is 2.27. The molecule has 0 aliphatic rings. The highest BCUT2D eigenvalue weighted by molar-refractivity contribution is 7.92. The summed E-state index contributed by atoms with van der Waals surface area (Å²) in [5, 5.41) is 4.01. The van der Waals surface area contributed by atoms with Gasteiger partial charge in [-0.25, -0.2) is 8.42 Å². The van der Waals surface area contributed by atoms with Crippen molar-refractivity contribution in [1.82, 2.24) is 10.2 Å². The van der Waals surface area contributed by atoms with Gasteiger partial charge < -0.3 is 10.2 Å². The second-order valence-corrected chi connectivity index (χ2v) is 12.2. The Labute approximate surface area is 228 Å². The first kappa shape index (κ1) is 30.2. The van der Waals surface area contributed by atoms with E-state index in [4.69, 9.17) is 34.8 Å². The first-order valence-corrected chi connectivity index (χ1v) is 14.5. The van der Waals surface area contributed by atoms with Crippen molar-refractivity contribution in [3.63, 3.8) is 0 Å². The molecule has 1 N–H and O–H groups in total. The Bertz CT molecular complexity index is 1160. The zero-order chi connectivity index (χ0) is 27.0. The van der Waals surface area contributed by atoms with Crippen molar-refractivity contribution in [3.05, 3.63) is 63.1 Å². The number of amides is 2. The summed E-state index contributed by atoms with van der Waals surface area (Å²) in [6.07, 6.45) is 1.31. The molecule has 1 atom stereocenters. The minimum Gasteiger partial charge on any atom is -0.354 e. The number of nitrogens with one attached hydrogen (secondary N) is 1. The molecule has 0 heterocycles. The van der Waals surface area contributed by atoms with Crippen LogP contribution >= 0.6 is 34.8 Å². The molecule has 0 aliphatic heterocycles. The minimum atomic E-state index is -3.68. The van der Waals surface area contributed by atoms with E-state index < -0.39 is 16.1 Å². The van der Waals surface area contributed by atoms with Crippen molar-refractivity contribution >= 4 is 62.3 Å². The van der Waals surface area contributed by atoms with Crippen molar-refractivity contribution in [1.29, 1.82) is 0 Å². The van der Waals surface area contributed by atoms with Crippen LogP contribution in [-0.2, 0) is 26.2 Å². The van der Waals surface area contributed by atoms with E-state index >= 15 is 0 Å². The average molecular weight is 577 g/mol. The lowest BCUT2D eigenvalue weighted by atomic mass is 10.1. The molecule has 2 aromatic rings. The Morgan fingerprint density at radius 3 is 2.17 bits per heavy atom. The van der Waals surface area contributed by atoms with Crippen LogP contribution in [0.3, 0.4) is 0 Å². The third kappa shape index (κ3) is 9.14. The maximum absolute atomic E-state index is 13.3. The molecule has 0 spiro atoms. The number of carbonyl (C=O) groups excluding carboxylic acids is 2. The monoisotopic (exact) mass is 575 g/mol. The van der Waals surface area contributed by atoms with Gasteiger partial charge in [0.1, 0.15) is 6.04 Å². The molecule has 0 aromatic heterocycles. The number of carbonyl (C=O) groups is 2. The number of halogens is 3. The van der Waals surface area contributed by atoms with Crippen molar-refractivity contribution in [3.8, 4) is 0 Å². The van der Waals surface area contributed by atoms with Gasteiger partial charge in [-0.3, -0.25) is 13.9 Å². The van der Waals surface area contributed by atoms with Crippen molar-refractivity contribution in [2.24, 2.45) is 5.92 Å². The molecule has 0 saturated carbocycles. The van der Waals surface area contributed by atoms with Gasteiger partial charge in [0, 0.05) is 36.1 Å². The van der Waals surface area contributed by atoms with E-state index in [2.05, 4.69) is 5.32 Å². The predicted molar refractivity (Wildman–Crippen MR) is 147 cm³/mol. The number of nitrogens with zero attached hydrogens (tertiary/aromatic N) is 2. The second-order valence-electron chi connectivity index (χ2n) is 9.00. The summed E-state index contributed by atoms with van der Waals surface area (Å²) in [4.78, 5) is 27.6. The molecule has 0 fully saturated rings. The van der Waals surface area contributed by atoms with Crippen LogP contribution in [0, 0.1) is 5.92 Å². The molecule has 11 heteroatoms. The lowest BCUT2D eigenvalue weighted by Crippen LogP contribution is -2.48. The molecule has 7 nitrogen and oxygen atoms in total. The summed E-state index contributed by atoms with van der Waals surface area (Å²) >= 11 is 18.3. The van der Waals surface area contributed by atoms with Gasteiger partial charge in [0.25, 0.3) is 0 Å². The van der Waals surface area contributed by atoms with Crippen LogP contribution in [0.1, 0.15) is 39.2 Å². The van der Waals surface area contributed by atoms with Crippen LogP contribution in [0.5, 0.6) is 0 Å². The summed E-state index contributed by atoms with van der Waals surface area (Å²) in [5.74, 6) is -0.265. The number of hydrogen-bond donors (Lipinski definition) is 1. The Balaban J connectivity index is 2.18. The highest BCUT2D eigenvalue weighted by Crippen LogP contribution is 2.31. The van der Waals surface area contributed by atoms with Gasteiger partial charge in [-0.1, -0.05) is 60.8 Å². The minimum absolute atomic E-state index is 0.0212. The lowest BCUT2D eigenvalue weighted by Gasteiger charge is -2.30. The lowest BCUT2D eigenvalue weighted by molar-refractivity contribution is -0.140. The van der Waals surface area contributed by atoms with E-state index in [1.54, 1.807) is 37.3 Å². The van der Waals surface area contributed by atoms with Gasteiger partial charge in [0.15, 0.2) is 0 Å². The number of benzene rings is 2. The van der Waals surface area contributed by atoms with Crippen LogP contribution in [0.4, 0.5) is 5.69 Å². The summed E-state index contributed by atoms with van der Waals surface area (Å²) < 4.78 is 26.1. The van der Waals surface area contributed by atoms with Gasteiger partial charge in [-0.15, -0.1) is 0 Å². The Kier molecular flexibility index (Phi) is 11.3. The van der Waals surface area contributed by atoms with Crippen molar-refractivity contribution < 1.29 is 18.0 Å². The molecular formula is C25H32Cl3N3O4S. The maximum atomic E-state index is 13.3. The first-order chi connectivity index (χ1) is 16.8. The zero-order valence-electron chi connectivity index (χ0n) is 20.8. The standard InChI is InChI=1S/C25H32Cl3N3O4S/c1-17(2)15-29-25(33)18(3)30(16-19-7-9-20(26)10-8-19)24(32)6-5-13-31(36(4,34)35)23-14-21(27)11-12-22(23)28/h7-12,14,17-18H,5-6,13,15-16H2,1-4H3,(H,29,33)/t18-/m0/s1. The van der Waals surface area contributed by atoms with E-state index in [0.717, 1.165) is 16.1 Å². The van der Waals surface area contributed by atoms with Crippen LogP contribution in [0.25, 0.3) is 0 Å². The van der Waals surface area contributed by atoms with Gasteiger partial charge in [-0.05, 0) is 55.2 Å². The summed E-state index contributed by atoms with van der Waals surface area (Å²) in [6.45, 7) is 6.38. The number of sulfonamides is 1. The van der Waals surface area contributed by atoms with E-state index in [1.807, 2.05) is 13.8 Å². The third-order valence-electron chi connectivity index (χ3n) is 5.45. The number of hydrogen-bond acceptors (Lipinski definition) is 4. The summed E-state index contributed by atoms with van der Waals surface area (Å²) in [7, 11) is -3.68. The number of rotatable bonds is 12. The molecule has 0 bridgehead atoms. The molecule has 36 heavy (non-hydrogen) atoms. The largest absolute Gasteiger partial charge is 0.354 e. The predicted octanol–water partition coefficient (Wildman–Crippen LogP) is 5.38. The van der Waals surface area contributed by atoms with Crippen LogP contribution in [0.2, 0.25) is 15.1 Å². The van der Waals surface area contributed by atoms with Crippen molar-refractivity contribution in [2.45, 2.75) is 46.2 Å². The molecule has 0 aliphatic carbocycles. The molecule has 2 aromatic carbocycles. The molecule has 0 saturated heterocycles. The topological polar surface area (TPSA) is 86.8 Å². The van der Waals surface area contributed by atoms with Gasteiger partial charge in [-0.2, -0.15) is 0 Å². The molecule has 198 valence electrons.